The molecule has 1 aromatic heterocycles. The van der Waals surface area contributed by atoms with E-state index >= 15 is 0 Å². The zero-order valence-electron chi connectivity index (χ0n) is 13.7. The Bertz CT molecular complexity index is 811. The quantitative estimate of drug-likeness (QED) is 0.907. The lowest BCUT2D eigenvalue weighted by Gasteiger charge is -2.30. The Morgan fingerprint density at radius 3 is 2.40 bits per heavy atom. The molecule has 2 heterocycles. The average Bonchev–Trinajstić information content (AvgIpc) is 2.89. The predicted molar refractivity (Wildman–Crippen MR) is 91.1 cm³/mol. The molecule has 132 valence electrons. The maximum Gasteiger partial charge on any atom is 0.258 e. The van der Waals surface area contributed by atoms with Gasteiger partial charge in [-0.3, -0.25) is 9.59 Å². The van der Waals surface area contributed by atoms with E-state index in [1.54, 1.807) is 24.0 Å². The number of carbonyl (C=O) groups excluding carboxylic acids is 2. The van der Waals surface area contributed by atoms with Gasteiger partial charge in [-0.25, -0.2) is 9.07 Å². The largest absolute Gasteiger partial charge is 0.369 e. The van der Waals surface area contributed by atoms with E-state index in [0.29, 0.717) is 42.9 Å². The van der Waals surface area contributed by atoms with Crippen molar-refractivity contribution in [3.05, 3.63) is 46.5 Å². The van der Waals surface area contributed by atoms with E-state index in [2.05, 4.69) is 5.10 Å². The van der Waals surface area contributed by atoms with Gasteiger partial charge in [0.2, 0.25) is 5.91 Å². The van der Waals surface area contributed by atoms with Gasteiger partial charge in [-0.05, 0) is 44.0 Å². The minimum absolute atomic E-state index is 0.186. The second-order valence-corrected chi connectivity index (χ2v) is 6.47. The van der Waals surface area contributed by atoms with Gasteiger partial charge < -0.3 is 10.6 Å². The second kappa shape index (κ2) is 6.84. The Hall–Kier alpha value is -2.41. The Labute approximate surface area is 149 Å². The summed E-state index contributed by atoms with van der Waals surface area (Å²) in [7, 11) is 0. The van der Waals surface area contributed by atoms with Crippen LogP contribution in [0.15, 0.2) is 24.3 Å². The number of carbonyl (C=O) groups is 2. The maximum atomic E-state index is 13.1. The van der Waals surface area contributed by atoms with E-state index in [0.717, 1.165) is 0 Å². The fraction of sp³-hybridized carbons (Fsp3) is 0.353. The van der Waals surface area contributed by atoms with Gasteiger partial charge in [0, 0.05) is 19.0 Å². The summed E-state index contributed by atoms with van der Waals surface area (Å²) in [5.74, 6) is -1.11. The molecular formula is C17H18ClFN4O2. The summed E-state index contributed by atoms with van der Waals surface area (Å²) in [5, 5.41) is 4.50. The first-order valence-electron chi connectivity index (χ1n) is 7.98. The van der Waals surface area contributed by atoms with Crippen molar-refractivity contribution >= 4 is 23.4 Å². The average molecular weight is 365 g/mol. The van der Waals surface area contributed by atoms with Crippen molar-refractivity contribution in [3.8, 4) is 5.69 Å². The highest BCUT2D eigenvalue weighted by atomic mass is 35.5. The number of likely N-dealkylation sites (tertiary alicyclic amines) is 1. The molecule has 25 heavy (non-hydrogen) atoms. The standard InChI is InChI=1S/C17H18ClFN4O2/c1-10-14(17(25)22-8-6-11(7-9-22)16(20)24)15(18)23(21-10)13-4-2-12(19)3-5-13/h2-5,11H,6-9H2,1H3,(H2,20,24). The van der Waals surface area contributed by atoms with Gasteiger partial charge in [0.15, 0.2) is 0 Å². The summed E-state index contributed by atoms with van der Waals surface area (Å²) in [6.45, 7) is 2.60. The molecule has 6 nitrogen and oxygen atoms in total. The van der Waals surface area contributed by atoms with Crippen LogP contribution in [0.25, 0.3) is 5.69 Å². The van der Waals surface area contributed by atoms with Gasteiger partial charge in [0.05, 0.1) is 16.9 Å². The SMILES string of the molecule is Cc1nn(-c2ccc(F)cc2)c(Cl)c1C(=O)N1CCC(C(N)=O)CC1. The molecule has 2 aromatic rings. The van der Waals surface area contributed by atoms with Crippen LogP contribution in [0.1, 0.15) is 28.9 Å². The summed E-state index contributed by atoms with van der Waals surface area (Å²) in [4.78, 5) is 25.7. The smallest absolute Gasteiger partial charge is 0.258 e. The van der Waals surface area contributed by atoms with Crippen LogP contribution in [0.3, 0.4) is 0 Å². The number of benzene rings is 1. The van der Waals surface area contributed by atoms with Crippen LogP contribution in [0.5, 0.6) is 0 Å². The molecule has 0 unspecified atom stereocenters. The fourth-order valence-electron chi connectivity index (χ4n) is 3.02. The number of rotatable bonds is 3. The number of nitrogens with zero attached hydrogens (tertiary/aromatic N) is 3. The van der Waals surface area contributed by atoms with Crippen LogP contribution in [-0.4, -0.2) is 39.6 Å². The van der Waals surface area contributed by atoms with E-state index in [1.165, 1.54) is 16.8 Å². The molecule has 1 aromatic carbocycles. The number of nitrogens with two attached hydrogens (primary N) is 1. The number of primary amides is 1. The van der Waals surface area contributed by atoms with E-state index in [9.17, 15) is 14.0 Å². The molecular weight excluding hydrogens is 347 g/mol. The lowest BCUT2D eigenvalue weighted by atomic mass is 9.96. The van der Waals surface area contributed by atoms with Gasteiger partial charge in [-0.2, -0.15) is 5.10 Å². The fourth-order valence-corrected chi connectivity index (χ4v) is 3.37. The molecule has 0 aliphatic carbocycles. The molecule has 2 N–H and O–H groups in total. The third-order valence-electron chi connectivity index (χ3n) is 4.47. The molecule has 2 amide bonds. The number of aromatic nitrogens is 2. The highest BCUT2D eigenvalue weighted by molar-refractivity contribution is 6.33. The van der Waals surface area contributed by atoms with Gasteiger partial charge >= 0.3 is 0 Å². The molecule has 8 heteroatoms. The summed E-state index contributed by atoms with van der Waals surface area (Å²) in [6.07, 6.45) is 1.09. The Morgan fingerprint density at radius 1 is 1.24 bits per heavy atom. The molecule has 0 bridgehead atoms. The predicted octanol–water partition coefficient (Wildman–Crippen LogP) is 2.31. The van der Waals surface area contributed by atoms with E-state index in [-0.39, 0.29) is 28.7 Å². The zero-order valence-corrected chi connectivity index (χ0v) is 14.5. The van der Waals surface area contributed by atoms with Crippen molar-refractivity contribution in [2.24, 2.45) is 11.7 Å². The lowest BCUT2D eigenvalue weighted by Crippen LogP contribution is -2.41. The summed E-state index contributed by atoms with van der Waals surface area (Å²) < 4.78 is 14.5. The first-order chi connectivity index (χ1) is 11.9. The lowest BCUT2D eigenvalue weighted by molar-refractivity contribution is -0.123. The number of aryl methyl sites for hydroxylation is 1. The van der Waals surface area contributed by atoms with Crippen molar-refractivity contribution in [2.45, 2.75) is 19.8 Å². The van der Waals surface area contributed by atoms with Gasteiger partial charge in [0.1, 0.15) is 11.0 Å². The monoisotopic (exact) mass is 364 g/mol. The van der Waals surface area contributed by atoms with Crippen LogP contribution in [-0.2, 0) is 4.79 Å². The molecule has 1 aliphatic rings. The van der Waals surface area contributed by atoms with Gasteiger partial charge in [-0.15, -0.1) is 0 Å². The minimum Gasteiger partial charge on any atom is -0.369 e. The third kappa shape index (κ3) is 3.37. The molecule has 0 spiro atoms. The minimum atomic E-state index is -0.364. The van der Waals surface area contributed by atoms with Crippen LogP contribution < -0.4 is 5.73 Å². The topological polar surface area (TPSA) is 81.2 Å². The summed E-state index contributed by atoms with van der Waals surface area (Å²) in [6, 6.07) is 5.69. The number of hydrogen-bond donors (Lipinski definition) is 1. The van der Waals surface area contributed by atoms with Crippen molar-refractivity contribution in [2.75, 3.05) is 13.1 Å². The second-order valence-electron chi connectivity index (χ2n) is 6.11. The van der Waals surface area contributed by atoms with Crippen LogP contribution in [0.4, 0.5) is 4.39 Å². The van der Waals surface area contributed by atoms with Gasteiger partial charge in [0.25, 0.3) is 5.91 Å². The summed E-state index contributed by atoms with van der Waals surface area (Å²) >= 11 is 6.38. The first kappa shape index (κ1) is 17.4. The van der Waals surface area contributed by atoms with Gasteiger partial charge in [-0.1, -0.05) is 11.6 Å². The van der Waals surface area contributed by atoms with E-state index < -0.39 is 0 Å². The number of piperidine rings is 1. The molecule has 1 saturated heterocycles. The zero-order chi connectivity index (χ0) is 18.1. The van der Waals surface area contributed by atoms with Crippen LogP contribution in [0, 0.1) is 18.7 Å². The van der Waals surface area contributed by atoms with Crippen LogP contribution >= 0.6 is 11.6 Å². The molecule has 1 fully saturated rings. The molecule has 3 rings (SSSR count). The van der Waals surface area contributed by atoms with Crippen molar-refractivity contribution in [1.82, 2.24) is 14.7 Å². The highest BCUT2D eigenvalue weighted by Gasteiger charge is 2.30. The Balaban J connectivity index is 1.84. The molecule has 1 aliphatic heterocycles. The first-order valence-corrected chi connectivity index (χ1v) is 8.36. The number of halogens is 2. The Kier molecular flexibility index (Phi) is 4.76. The molecule has 0 saturated carbocycles. The van der Waals surface area contributed by atoms with E-state index in [4.69, 9.17) is 17.3 Å². The van der Waals surface area contributed by atoms with Crippen molar-refractivity contribution in [1.29, 1.82) is 0 Å². The number of hydrogen-bond acceptors (Lipinski definition) is 3. The normalized spacial score (nSPS) is 15.4. The number of amides is 2. The van der Waals surface area contributed by atoms with Crippen molar-refractivity contribution < 1.29 is 14.0 Å². The van der Waals surface area contributed by atoms with E-state index in [1.807, 2.05) is 0 Å². The highest BCUT2D eigenvalue weighted by Crippen LogP contribution is 2.27. The maximum absolute atomic E-state index is 13.1. The van der Waals surface area contributed by atoms with Crippen LogP contribution in [0.2, 0.25) is 5.15 Å². The summed E-state index contributed by atoms with van der Waals surface area (Å²) in [5.41, 5.74) is 6.71. The van der Waals surface area contributed by atoms with Crippen molar-refractivity contribution in [3.63, 3.8) is 0 Å². The third-order valence-corrected chi connectivity index (χ3v) is 4.82. The Morgan fingerprint density at radius 2 is 1.84 bits per heavy atom. The molecule has 0 atom stereocenters. The molecule has 0 radical (unpaired) electrons.